The molecule has 0 radical (unpaired) electrons. The lowest BCUT2D eigenvalue weighted by Gasteiger charge is -2.22. The van der Waals surface area contributed by atoms with Gasteiger partial charge in [-0.05, 0) is 29.8 Å². The van der Waals surface area contributed by atoms with Crippen LogP contribution in [0.5, 0.6) is 0 Å². The third-order valence-corrected chi connectivity index (χ3v) is 7.20. The van der Waals surface area contributed by atoms with Crippen molar-refractivity contribution in [3.63, 3.8) is 0 Å². The van der Waals surface area contributed by atoms with Gasteiger partial charge >= 0.3 is 6.18 Å². The lowest BCUT2D eigenvalue weighted by Crippen LogP contribution is -2.39. The lowest BCUT2D eigenvalue weighted by molar-refractivity contribution is -0.137. The Hall–Kier alpha value is -2.92. The minimum absolute atomic E-state index is 0.0883. The fourth-order valence-electron chi connectivity index (χ4n) is 3.06. The minimum atomic E-state index is -4.61. The predicted octanol–water partition coefficient (Wildman–Crippen LogP) is 5.35. The van der Waals surface area contributed by atoms with Gasteiger partial charge in [-0.15, -0.1) is 0 Å². The highest BCUT2D eigenvalue weighted by Crippen LogP contribution is 2.31. The number of hydrogen-bond acceptors (Lipinski definition) is 4. The number of carbonyl (C=O) groups is 1. The van der Waals surface area contributed by atoms with Crippen molar-refractivity contribution in [2.24, 2.45) is 5.10 Å². The second kappa shape index (κ2) is 11.2. The van der Waals surface area contributed by atoms with E-state index >= 15 is 0 Å². The highest BCUT2D eigenvalue weighted by Gasteiger charge is 2.32. The maximum atomic E-state index is 13.3. The summed E-state index contributed by atoms with van der Waals surface area (Å²) in [6.07, 6.45) is -3.77. The smallest absolute Gasteiger partial charge is 0.272 e. The third-order valence-electron chi connectivity index (χ3n) is 4.69. The Morgan fingerprint density at radius 1 is 1.00 bits per heavy atom. The fraction of sp³-hybridized carbons (Fsp3) is 0.130. The molecule has 3 aromatic carbocycles. The van der Waals surface area contributed by atoms with Gasteiger partial charge < -0.3 is 0 Å². The molecule has 3 aromatic rings. The van der Waals surface area contributed by atoms with Crippen LogP contribution in [0.15, 0.2) is 82.8 Å². The number of hydrogen-bond donors (Lipinski definition) is 1. The number of alkyl halides is 3. The Morgan fingerprint density at radius 3 is 2.34 bits per heavy atom. The number of rotatable bonds is 8. The molecule has 0 aromatic heterocycles. The van der Waals surface area contributed by atoms with E-state index in [2.05, 4.69) is 10.5 Å². The number of hydrazone groups is 1. The molecule has 0 saturated carbocycles. The van der Waals surface area contributed by atoms with E-state index in [0.29, 0.717) is 5.56 Å². The molecule has 6 nitrogen and oxygen atoms in total. The molecule has 35 heavy (non-hydrogen) atoms. The summed E-state index contributed by atoms with van der Waals surface area (Å²) in [7, 11) is -4.30. The van der Waals surface area contributed by atoms with Crippen LogP contribution in [0.25, 0.3) is 0 Å². The molecule has 0 bridgehead atoms. The van der Waals surface area contributed by atoms with Gasteiger partial charge in [0.05, 0.1) is 23.3 Å². The normalized spacial score (nSPS) is 12.3. The first kappa shape index (κ1) is 26.7. The van der Waals surface area contributed by atoms with E-state index in [1.807, 2.05) is 0 Å². The molecule has 0 unspecified atom stereocenters. The zero-order valence-electron chi connectivity index (χ0n) is 17.8. The van der Waals surface area contributed by atoms with Crippen LogP contribution >= 0.6 is 23.2 Å². The minimum Gasteiger partial charge on any atom is -0.272 e. The zero-order valence-corrected chi connectivity index (χ0v) is 20.2. The van der Waals surface area contributed by atoms with Crippen molar-refractivity contribution in [1.82, 2.24) is 9.73 Å². The van der Waals surface area contributed by atoms with Crippen molar-refractivity contribution in [2.75, 3.05) is 6.54 Å². The summed E-state index contributed by atoms with van der Waals surface area (Å²) in [6, 6.07) is 17.1. The van der Waals surface area contributed by atoms with E-state index in [1.165, 1.54) is 36.4 Å². The van der Waals surface area contributed by atoms with Crippen molar-refractivity contribution >= 4 is 45.3 Å². The Kier molecular flexibility index (Phi) is 8.55. The van der Waals surface area contributed by atoms with E-state index in [-0.39, 0.29) is 27.0 Å². The second-order valence-electron chi connectivity index (χ2n) is 7.21. The Labute approximate surface area is 210 Å². The lowest BCUT2D eigenvalue weighted by atomic mass is 10.1. The fourth-order valence-corrected chi connectivity index (χ4v) is 5.19. The highest BCUT2D eigenvalue weighted by atomic mass is 35.5. The van der Waals surface area contributed by atoms with E-state index in [0.717, 1.165) is 16.6 Å². The van der Waals surface area contributed by atoms with Crippen LogP contribution in [0.2, 0.25) is 10.0 Å². The van der Waals surface area contributed by atoms with Crippen LogP contribution in [0.3, 0.4) is 0 Å². The van der Waals surface area contributed by atoms with Crippen LogP contribution in [-0.2, 0) is 27.5 Å². The summed E-state index contributed by atoms with van der Waals surface area (Å²) in [5.74, 6) is -0.872. The number of carbonyl (C=O) groups excluding carboxylic acids is 1. The summed E-state index contributed by atoms with van der Waals surface area (Å²) < 4.78 is 66.9. The van der Waals surface area contributed by atoms with Crippen LogP contribution in [0, 0.1) is 0 Å². The van der Waals surface area contributed by atoms with E-state index in [9.17, 15) is 26.4 Å². The Morgan fingerprint density at radius 2 is 1.66 bits per heavy atom. The van der Waals surface area contributed by atoms with Crippen LogP contribution in [0.4, 0.5) is 13.2 Å². The Balaban J connectivity index is 1.84. The number of nitrogens with one attached hydrogen (secondary N) is 1. The monoisotopic (exact) mass is 543 g/mol. The maximum absolute atomic E-state index is 13.3. The molecule has 0 aliphatic carbocycles. The van der Waals surface area contributed by atoms with Gasteiger partial charge in [0.2, 0.25) is 10.0 Å². The molecule has 1 amide bonds. The third kappa shape index (κ3) is 7.04. The Bertz CT molecular complexity index is 1330. The highest BCUT2D eigenvalue weighted by molar-refractivity contribution is 7.89. The SMILES string of the molecule is O=C(CN(Cc1ccccc1)S(=O)(=O)c1cc(Cl)ccc1Cl)N/N=C/c1ccccc1C(F)(F)F. The van der Waals surface area contributed by atoms with Gasteiger partial charge in [0.25, 0.3) is 5.91 Å². The first-order valence-electron chi connectivity index (χ1n) is 9.96. The molecular formula is C23H18Cl2F3N3O3S. The number of benzene rings is 3. The molecule has 0 atom stereocenters. The zero-order chi connectivity index (χ0) is 25.6. The summed E-state index contributed by atoms with van der Waals surface area (Å²) in [4.78, 5) is 12.2. The van der Waals surface area contributed by atoms with Crippen molar-refractivity contribution in [1.29, 1.82) is 0 Å². The summed E-state index contributed by atoms with van der Waals surface area (Å²) in [5.41, 5.74) is 1.47. The molecule has 0 heterocycles. The van der Waals surface area contributed by atoms with E-state index in [4.69, 9.17) is 23.2 Å². The molecule has 0 fully saturated rings. The van der Waals surface area contributed by atoms with Gasteiger partial charge in [-0.25, -0.2) is 13.8 Å². The average molecular weight is 544 g/mol. The van der Waals surface area contributed by atoms with Crippen molar-refractivity contribution in [3.8, 4) is 0 Å². The number of halogens is 5. The molecule has 0 spiro atoms. The number of sulfonamides is 1. The molecule has 0 aliphatic rings. The topological polar surface area (TPSA) is 78.8 Å². The molecule has 12 heteroatoms. The van der Waals surface area contributed by atoms with E-state index < -0.39 is 34.2 Å². The number of nitrogens with zero attached hydrogens (tertiary/aromatic N) is 2. The van der Waals surface area contributed by atoms with Gasteiger partial charge in [0.15, 0.2) is 0 Å². The van der Waals surface area contributed by atoms with Crippen molar-refractivity contribution in [3.05, 3.63) is 99.5 Å². The van der Waals surface area contributed by atoms with E-state index in [1.54, 1.807) is 30.3 Å². The number of amides is 1. The largest absolute Gasteiger partial charge is 0.417 e. The van der Waals surface area contributed by atoms with Crippen molar-refractivity contribution in [2.45, 2.75) is 17.6 Å². The molecule has 1 N–H and O–H groups in total. The molecule has 0 aliphatic heterocycles. The quantitative estimate of drug-likeness (QED) is 0.307. The summed E-state index contributed by atoms with van der Waals surface area (Å²) in [6.45, 7) is -0.863. The standard InChI is InChI=1S/C23H18Cl2F3N3O3S/c24-18-10-11-20(25)21(12-18)35(33,34)31(14-16-6-2-1-3-7-16)15-22(32)30-29-13-17-8-4-5-9-19(17)23(26,27)28/h1-13H,14-15H2,(H,30,32)/b29-13+. The van der Waals surface area contributed by atoms with Gasteiger partial charge in [0.1, 0.15) is 4.90 Å². The molecule has 3 rings (SSSR count). The van der Waals surface area contributed by atoms with Gasteiger partial charge in [0, 0.05) is 17.1 Å². The van der Waals surface area contributed by atoms with Crippen molar-refractivity contribution < 1.29 is 26.4 Å². The van der Waals surface area contributed by atoms with Crippen LogP contribution in [-0.4, -0.2) is 31.4 Å². The molecule has 184 valence electrons. The second-order valence-corrected chi connectivity index (χ2v) is 9.96. The molecule has 0 saturated heterocycles. The first-order valence-corrected chi connectivity index (χ1v) is 12.2. The van der Waals surface area contributed by atoms with Gasteiger partial charge in [-0.1, -0.05) is 71.7 Å². The summed E-state index contributed by atoms with van der Waals surface area (Å²) in [5, 5.41) is 3.61. The first-order chi connectivity index (χ1) is 16.5. The van der Waals surface area contributed by atoms with Gasteiger partial charge in [-0.3, -0.25) is 4.79 Å². The van der Waals surface area contributed by atoms with Crippen LogP contribution < -0.4 is 5.43 Å². The molecular weight excluding hydrogens is 526 g/mol. The van der Waals surface area contributed by atoms with Crippen LogP contribution in [0.1, 0.15) is 16.7 Å². The maximum Gasteiger partial charge on any atom is 0.417 e. The predicted molar refractivity (Wildman–Crippen MR) is 128 cm³/mol. The average Bonchev–Trinajstić information content (AvgIpc) is 2.80. The van der Waals surface area contributed by atoms with Gasteiger partial charge in [-0.2, -0.15) is 22.6 Å². The summed E-state index contributed by atoms with van der Waals surface area (Å²) >= 11 is 12.0.